The molecular formula is C23H29N3O. The Morgan fingerprint density at radius 2 is 2.00 bits per heavy atom. The molecule has 0 fully saturated rings. The number of hydrogen-bond acceptors (Lipinski definition) is 3. The Hall–Kier alpha value is -2.62. The summed E-state index contributed by atoms with van der Waals surface area (Å²) in [5.41, 5.74) is 7.59. The van der Waals surface area contributed by atoms with Gasteiger partial charge in [0.05, 0.1) is 6.21 Å². The molecule has 27 heavy (non-hydrogen) atoms. The Bertz CT molecular complexity index is 827. The lowest BCUT2D eigenvalue weighted by Gasteiger charge is -2.45. The first-order valence-corrected chi connectivity index (χ1v) is 9.60. The van der Waals surface area contributed by atoms with Crippen LogP contribution in [-0.4, -0.2) is 24.7 Å². The summed E-state index contributed by atoms with van der Waals surface area (Å²) in [6.45, 7) is 6.85. The average molecular weight is 364 g/mol. The van der Waals surface area contributed by atoms with E-state index in [1.54, 1.807) is 6.21 Å². The van der Waals surface area contributed by atoms with E-state index < -0.39 is 0 Å². The van der Waals surface area contributed by atoms with E-state index in [9.17, 15) is 4.79 Å². The molecule has 1 heterocycles. The van der Waals surface area contributed by atoms with Crippen molar-refractivity contribution in [1.29, 1.82) is 0 Å². The van der Waals surface area contributed by atoms with Gasteiger partial charge in [-0.3, -0.25) is 4.79 Å². The minimum atomic E-state index is -0.0667. The number of carbonyl (C=O) groups excluding carboxylic acids is 1. The van der Waals surface area contributed by atoms with Gasteiger partial charge in [-0.05, 0) is 61.4 Å². The first-order valence-electron chi connectivity index (χ1n) is 9.60. The molecule has 4 nitrogen and oxygen atoms in total. The molecule has 0 spiro atoms. The maximum absolute atomic E-state index is 12.0. The molecule has 0 radical (unpaired) electrons. The van der Waals surface area contributed by atoms with Crippen LogP contribution in [0.1, 0.15) is 56.2 Å². The van der Waals surface area contributed by atoms with Crippen LogP contribution in [0.25, 0.3) is 0 Å². The minimum absolute atomic E-state index is 0.0667. The van der Waals surface area contributed by atoms with Gasteiger partial charge in [0.2, 0.25) is 5.91 Å². The van der Waals surface area contributed by atoms with Gasteiger partial charge in [-0.2, -0.15) is 5.10 Å². The zero-order valence-corrected chi connectivity index (χ0v) is 16.7. The Labute approximate surface area is 162 Å². The normalized spacial score (nSPS) is 18.4. The summed E-state index contributed by atoms with van der Waals surface area (Å²) in [5, 5.41) is 4.14. The minimum Gasteiger partial charge on any atom is -0.369 e. The molecule has 142 valence electrons. The van der Waals surface area contributed by atoms with Gasteiger partial charge in [-0.25, -0.2) is 5.43 Å². The van der Waals surface area contributed by atoms with Gasteiger partial charge in [-0.1, -0.05) is 43.3 Å². The van der Waals surface area contributed by atoms with Crippen LogP contribution in [0.4, 0.5) is 5.69 Å². The molecule has 2 aromatic carbocycles. The van der Waals surface area contributed by atoms with Crippen molar-refractivity contribution < 1.29 is 4.79 Å². The highest BCUT2D eigenvalue weighted by Crippen LogP contribution is 2.42. The Morgan fingerprint density at radius 3 is 2.74 bits per heavy atom. The molecule has 0 bridgehead atoms. The first kappa shape index (κ1) is 19.2. The lowest BCUT2D eigenvalue weighted by molar-refractivity contribution is -0.121. The fraction of sp³-hybridized carbons (Fsp3) is 0.391. The van der Waals surface area contributed by atoms with Crippen LogP contribution < -0.4 is 10.3 Å². The molecule has 2 aromatic rings. The lowest BCUT2D eigenvalue weighted by atomic mass is 9.80. The monoisotopic (exact) mass is 363 g/mol. The van der Waals surface area contributed by atoms with Crippen molar-refractivity contribution in [3.05, 3.63) is 65.2 Å². The molecule has 0 aliphatic carbocycles. The van der Waals surface area contributed by atoms with Crippen molar-refractivity contribution in [2.45, 2.75) is 51.5 Å². The number of nitrogens with zero attached hydrogens (tertiary/aromatic N) is 2. The Balaban J connectivity index is 1.60. The smallest absolute Gasteiger partial charge is 0.240 e. The van der Waals surface area contributed by atoms with Gasteiger partial charge in [0.1, 0.15) is 0 Å². The van der Waals surface area contributed by atoms with Crippen molar-refractivity contribution >= 4 is 17.8 Å². The van der Waals surface area contributed by atoms with E-state index in [0.717, 1.165) is 24.0 Å². The fourth-order valence-electron chi connectivity index (χ4n) is 3.81. The van der Waals surface area contributed by atoms with Gasteiger partial charge in [0.25, 0.3) is 0 Å². The molecule has 1 unspecified atom stereocenters. The number of hydrazone groups is 1. The average Bonchev–Trinajstić information content (AvgIpc) is 2.65. The number of anilines is 1. The summed E-state index contributed by atoms with van der Waals surface area (Å²) >= 11 is 0. The summed E-state index contributed by atoms with van der Waals surface area (Å²) < 4.78 is 0. The van der Waals surface area contributed by atoms with E-state index in [-0.39, 0.29) is 11.4 Å². The predicted octanol–water partition coefficient (Wildman–Crippen LogP) is 4.49. The van der Waals surface area contributed by atoms with Gasteiger partial charge in [-0.15, -0.1) is 0 Å². The zero-order chi connectivity index (χ0) is 19.4. The summed E-state index contributed by atoms with van der Waals surface area (Å²) in [7, 11) is 2.16. The number of rotatable bonds is 5. The predicted molar refractivity (Wildman–Crippen MR) is 112 cm³/mol. The van der Waals surface area contributed by atoms with Crippen LogP contribution in [0.3, 0.4) is 0 Å². The molecule has 1 aliphatic rings. The highest BCUT2D eigenvalue weighted by atomic mass is 16.2. The Morgan fingerprint density at radius 1 is 1.26 bits per heavy atom. The summed E-state index contributed by atoms with van der Waals surface area (Å²) in [5.74, 6) is 0.433. The number of hydrogen-bond donors (Lipinski definition) is 1. The van der Waals surface area contributed by atoms with Gasteiger partial charge >= 0.3 is 0 Å². The second kappa shape index (κ2) is 7.95. The van der Waals surface area contributed by atoms with E-state index in [4.69, 9.17) is 0 Å². The van der Waals surface area contributed by atoms with E-state index in [1.807, 2.05) is 30.3 Å². The molecule has 0 saturated heterocycles. The highest BCUT2D eigenvalue weighted by molar-refractivity contribution is 5.84. The molecule has 1 N–H and O–H groups in total. The third kappa shape index (κ3) is 4.57. The number of benzene rings is 2. The van der Waals surface area contributed by atoms with Gasteiger partial charge in [0, 0.05) is 24.7 Å². The van der Waals surface area contributed by atoms with Crippen LogP contribution >= 0.6 is 0 Å². The second-order valence-corrected chi connectivity index (χ2v) is 8.07. The molecule has 1 aliphatic heterocycles. The van der Waals surface area contributed by atoms with Crippen LogP contribution in [-0.2, 0) is 11.2 Å². The quantitative estimate of drug-likeness (QED) is 0.628. The largest absolute Gasteiger partial charge is 0.369 e. The summed E-state index contributed by atoms with van der Waals surface area (Å²) in [6.07, 6.45) is 4.00. The molecule has 0 aromatic heterocycles. The van der Waals surface area contributed by atoms with Crippen molar-refractivity contribution in [2.75, 3.05) is 11.9 Å². The standard InChI is InChI=1S/C23H29N3O/c1-17-15-23(2,3)26(4)21-12-10-19(14-20(17)21)16-24-25-22(27)13-11-18-8-6-5-7-9-18/h5-10,12,14,16-17H,11,13,15H2,1-4H3,(H,25,27)/b24-16+. The maximum Gasteiger partial charge on any atom is 0.240 e. The number of carbonyl (C=O) groups is 1. The van der Waals surface area contributed by atoms with E-state index in [1.165, 1.54) is 11.3 Å². The molecule has 3 rings (SSSR count). The fourth-order valence-corrected chi connectivity index (χ4v) is 3.81. The third-order valence-electron chi connectivity index (χ3n) is 5.54. The summed E-state index contributed by atoms with van der Waals surface area (Å²) in [6, 6.07) is 16.4. The van der Waals surface area contributed by atoms with Crippen LogP contribution in [0.2, 0.25) is 0 Å². The lowest BCUT2D eigenvalue weighted by Crippen LogP contribution is -2.45. The van der Waals surface area contributed by atoms with Crippen molar-refractivity contribution in [1.82, 2.24) is 5.43 Å². The van der Waals surface area contributed by atoms with Crippen molar-refractivity contribution in [2.24, 2.45) is 5.10 Å². The molecule has 4 heteroatoms. The third-order valence-corrected chi connectivity index (χ3v) is 5.54. The van der Waals surface area contributed by atoms with E-state index in [2.05, 4.69) is 61.4 Å². The maximum atomic E-state index is 12.0. The van der Waals surface area contributed by atoms with Crippen molar-refractivity contribution in [3.63, 3.8) is 0 Å². The Kier molecular flexibility index (Phi) is 5.64. The SMILES string of the molecule is CC1CC(C)(C)N(C)c2ccc(/C=N/NC(=O)CCc3ccccc3)cc21. The molecule has 1 amide bonds. The first-order chi connectivity index (χ1) is 12.9. The number of aryl methyl sites for hydroxylation is 1. The van der Waals surface area contributed by atoms with Crippen molar-refractivity contribution in [3.8, 4) is 0 Å². The van der Waals surface area contributed by atoms with Crippen LogP contribution in [0, 0.1) is 0 Å². The number of nitrogens with one attached hydrogen (secondary N) is 1. The van der Waals surface area contributed by atoms with Gasteiger partial charge in [0.15, 0.2) is 0 Å². The zero-order valence-electron chi connectivity index (χ0n) is 16.7. The van der Waals surface area contributed by atoms with E-state index >= 15 is 0 Å². The second-order valence-electron chi connectivity index (χ2n) is 8.07. The van der Waals surface area contributed by atoms with Crippen LogP contribution in [0.5, 0.6) is 0 Å². The number of fused-ring (bicyclic) bond motifs is 1. The molecule has 0 saturated carbocycles. The molecular weight excluding hydrogens is 334 g/mol. The highest BCUT2D eigenvalue weighted by Gasteiger charge is 2.33. The molecule has 1 atom stereocenters. The van der Waals surface area contributed by atoms with E-state index in [0.29, 0.717) is 12.3 Å². The van der Waals surface area contributed by atoms with Gasteiger partial charge < -0.3 is 4.90 Å². The summed E-state index contributed by atoms with van der Waals surface area (Å²) in [4.78, 5) is 14.3. The number of amides is 1. The van der Waals surface area contributed by atoms with Crippen LogP contribution in [0.15, 0.2) is 53.6 Å². The topological polar surface area (TPSA) is 44.7 Å².